The third-order valence-corrected chi connectivity index (χ3v) is 3.23. The predicted molar refractivity (Wildman–Crippen MR) is 67.6 cm³/mol. The molecule has 1 atom stereocenters. The van der Waals surface area contributed by atoms with Crippen LogP contribution in [0.4, 0.5) is 0 Å². The Labute approximate surface area is 102 Å². The van der Waals surface area contributed by atoms with Gasteiger partial charge in [0, 0.05) is 17.9 Å². The van der Waals surface area contributed by atoms with Crippen LogP contribution in [0.5, 0.6) is 0 Å². The van der Waals surface area contributed by atoms with Gasteiger partial charge in [0.25, 0.3) is 0 Å². The normalized spacial score (nSPS) is 19.9. The number of hydrogen-bond donors (Lipinski definition) is 0. The topological polar surface area (TPSA) is 26.3 Å². The van der Waals surface area contributed by atoms with Gasteiger partial charge in [0.15, 0.2) is 5.78 Å². The Morgan fingerprint density at radius 3 is 2.65 bits per heavy atom. The van der Waals surface area contributed by atoms with Crippen molar-refractivity contribution in [3.63, 3.8) is 0 Å². The van der Waals surface area contributed by atoms with E-state index in [4.69, 9.17) is 4.74 Å². The van der Waals surface area contributed by atoms with E-state index in [1.807, 2.05) is 32.0 Å². The van der Waals surface area contributed by atoms with Gasteiger partial charge < -0.3 is 4.74 Å². The lowest BCUT2D eigenvalue weighted by atomic mass is 9.95. The predicted octanol–water partition coefficient (Wildman–Crippen LogP) is 3.13. The molecule has 0 saturated carbocycles. The first kappa shape index (κ1) is 11.9. The van der Waals surface area contributed by atoms with Gasteiger partial charge in [-0.25, -0.2) is 0 Å². The van der Waals surface area contributed by atoms with Gasteiger partial charge in [-0.05, 0) is 25.8 Å². The highest BCUT2D eigenvalue weighted by atomic mass is 16.5. The summed E-state index contributed by atoms with van der Waals surface area (Å²) in [5, 5.41) is 0. The molecule has 1 aromatic rings. The summed E-state index contributed by atoms with van der Waals surface area (Å²) in [6.45, 7) is 4.46. The molecule has 1 unspecified atom stereocenters. The van der Waals surface area contributed by atoms with E-state index in [1.54, 1.807) is 0 Å². The van der Waals surface area contributed by atoms with E-state index in [0.29, 0.717) is 6.61 Å². The third kappa shape index (κ3) is 2.57. The highest BCUT2D eigenvalue weighted by Crippen LogP contribution is 2.31. The molecule has 0 amide bonds. The molecule has 2 heteroatoms. The Bertz CT molecular complexity index is 431. The first-order chi connectivity index (χ1) is 8.22. The van der Waals surface area contributed by atoms with E-state index < -0.39 is 0 Å². The number of ketones is 1. The fourth-order valence-corrected chi connectivity index (χ4v) is 2.32. The maximum atomic E-state index is 12.1. The molecular weight excluding hydrogens is 212 g/mol. The minimum Gasteiger partial charge on any atom is -0.498 e. The Hall–Kier alpha value is -1.57. The quantitative estimate of drug-likeness (QED) is 0.794. The van der Waals surface area contributed by atoms with Crippen LogP contribution in [0, 0.1) is 5.92 Å². The van der Waals surface area contributed by atoms with Crippen LogP contribution >= 0.6 is 0 Å². The molecule has 0 N–H and O–H groups in total. The number of Topliss-reactive ketones (excluding diaryl/α,β-unsaturated/α-hetero) is 1. The van der Waals surface area contributed by atoms with Gasteiger partial charge in [-0.3, -0.25) is 4.79 Å². The molecule has 0 radical (unpaired) electrons. The van der Waals surface area contributed by atoms with E-state index in [9.17, 15) is 4.79 Å². The molecule has 2 rings (SSSR count). The molecule has 0 aliphatic heterocycles. The smallest absolute Gasteiger partial charge is 0.165 e. The summed E-state index contributed by atoms with van der Waals surface area (Å²) in [6, 6.07) is 10.2. The van der Waals surface area contributed by atoms with Crippen LogP contribution in [0.3, 0.4) is 0 Å². The standard InChI is InChI=1S/C15H18O2/c1-3-17-14-10-13(15(16)11(14)2)9-12-7-5-4-6-8-12/h4-8,13H,3,9-10H2,1-2H3. The summed E-state index contributed by atoms with van der Waals surface area (Å²) < 4.78 is 5.51. The van der Waals surface area contributed by atoms with Crippen LogP contribution in [0.15, 0.2) is 41.7 Å². The first-order valence-electron chi connectivity index (χ1n) is 6.13. The molecule has 0 aromatic heterocycles. The number of hydrogen-bond acceptors (Lipinski definition) is 2. The van der Waals surface area contributed by atoms with Gasteiger partial charge in [0.1, 0.15) is 5.76 Å². The van der Waals surface area contributed by atoms with Gasteiger partial charge in [-0.1, -0.05) is 30.3 Å². The average Bonchev–Trinajstić information content (AvgIpc) is 2.60. The van der Waals surface area contributed by atoms with Crippen LogP contribution in [0.25, 0.3) is 0 Å². The molecule has 0 spiro atoms. The summed E-state index contributed by atoms with van der Waals surface area (Å²) in [5.74, 6) is 1.20. The van der Waals surface area contributed by atoms with Gasteiger partial charge in [-0.15, -0.1) is 0 Å². The minimum atomic E-state index is 0.0685. The average molecular weight is 230 g/mol. The Morgan fingerprint density at radius 2 is 2.00 bits per heavy atom. The number of ether oxygens (including phenoxy) is 1. The zero-order chi connectivity index (χ0) is 12.3. The van der Waals surface area contributed by atoms with E-state index in [2.05, 4.69) is 12.1 Å². The van der Waals surface area contributed by atoms with E-state index in [0.717, 1.165) is 24.2 Å². The molecule has 2 nitrogen and oxygen atoms in total. The molecular formula is C15H18O2. The van der Waals surface area contributed by atoms with Gasteiger partial charge in [0.05, 0.1) is 6.61 Å². The van der Waals surface area contributed by atoms with Crippen molar-refractivity contribution in [2.45, 2.75) is 26.7 Å². The zero-order valence-corrected chi connectivity index (χ0v) is 10.4. The second-order valence-corrected chi connectivity index (χ2v) is 4.44. The molecule has 0 bridgehead atoms. The number of carbonyl (C=O) groups is 1. The van der Waals surface area contributed by atoms with Crippen molar-refractivity contribution in [3.05, 3.63) is 47.2 Å². The number of benzene rings is 1. The van der Waals surface area contributed by atoms with Gasteiger partial charge in [-0.2, -0.15) is 0 Å². The maximum absolute atomic E-state index is 12.1. The lowest BCUT2D eigenvalue weighted by Gasteiger charge is -2.09. The molecule has 17 heavy (non-hydrogen) atoms. The second kappa shape index (κ2) is 5.17. The molecule has 1 aliphatic carbocycles. The van der Waals surface area contributed by atoms with E-state index in [-0.39, 0.29) is 11.7 Å². The third-order valence-electron chi connectivity index (χ3n) is 3.23. The van der Waals surface area contributed by atoms with Crippen LogP contribution in [-0.4, -0.2) is 12.4 Å². The number of allylic oxidation sites excluding steroid dienone is 2. The van der Waals surface area contributed by atoms with Crippen molar-refractivity contribution >= 4 is 5.78 Å². The van der Waals surface area contributed by atoms with Crippen LogP contribution in [0.1, 0.15) is 25.8 Å². The minimum absolute atomic E-state index is 0.0685. The lowest BCUT2D eigenvalue weighted by molar-refractivity contribution is -0.118. The monoisotopic (exact) mass is 230 g/mol. The Balaban J connectivity index is 2.05. The molecule has 1 aromatic carbocycles. The summed E-state index contributed by atoms with van der Waals surface area (Å²) in [5.41, 5.74) is 2.03. The van der Waals surface area contributed by atoms with Crippen molar-refractivity contribution < 1.29 is 9.53 Å². The highest BCUT2D eigenvalue weighted by molar-refractivity contribution is 5.99. The highest BCUT2D eigenvalue weighted by Gasteiger charge is 2.31. The molecule has 0 fully saturated rings. The maximum Gasteiger partial charge on any atom is 0.165 e. The van der Waals surface area contributed by atoms with Crippen molar-refractivity contribution in [1.82, 2.24) is 0 Å². The summed E-state index contributed by atoms with van der Waals surface area (Å²) >= 11 is 0. The van der Waals surface area contributed by atoms with Crippen LogP contribution < -0.4 is 0 Å². The number of rotatable bonds is 4. The van der Waals surface area contributed by atoms with Crippen LogP contribution in [-0.2, 0) is 16.0 Å². The zero-order valence-electron chi connectivity index (χ0n) is 10.4. The first-order valence-corrected chi connectivity index (χ1v) is 6.13. The fraction of sp³-hybridized carbons (Fsp3) is 0.400. The summed E-state index contributed by atoms with van der Waals surface area (Å²) in [4.78, 5) is 12.1. The number of carbonyl (C=O) groups excluding carboxylic acids is 1. The van der Waals surface area contributed by atoms with Crippen molar-refractivity contribution in [2.24, 2.45) is 5.92 Å². The summed E-state index contributed by atoms with van der Waals surface area (Å²) in [6.07, 6.45) is 1.57. The van der Waals surface area contributed by atoms with Gasteiger partial charge >= 0.3 is 0 Å². The SMILES string of the molecule is CCOC1=C(C)C(=O)C(Cc2ccccc2)C1. The summed E-state index contributed by atoms with van der Waals surface area (Å²) in [7, 11) is 0. The Morgan fingerprint density at radius 1 is 1.29 bits per heavy atom. The van der Waals surface area contributed by atoms with Crippen molar-refractivity contribution in [2.75, 3.05) is 6.61 Å². The van der Waals surface area contributed by atoms with E-state index >= 15 is 0 Å². The van der Waals surface area contributed by atoms with Crippen LogP contribution in [0.2, 0.25) is 0 Å². The molecule has 0 heterocycles. The Kier molecular flexibility index (Phi) is 3.62. The van der Waals surface area contributed by atoms with Gasteiger partial charge in [0.2, 0.25) is 0 Å². The lowest BCUT2D eigenvalue weighted by Crippen LogP contribution is -2.12. The van der Waals surface area contributed by atoms with E-state index in [1.165, 1.54) is 5.56 Å². The largest absolute Gasteiger partial charge is 0.498 e. The molecule has 1 aliphatic rings. The molecule has 90 valence electrons. The molecule has 0 saturated heterocycles. The second-order valence-electron chi connectivity index (χ2n) is 4.44. The van der Waals surface area contributed by atoms with Crippen molar-refractivity contribution in [1.29, 1.82) is 0 Å². The van der Waals surface area contributed by atoms with Crippen molar-refractivity contribution in [3.8, 4) is 0 Å². The fourth-order valence-electron chi connectivity index (χ4n) is 2.32.